The van der Waals surface area contributed by atoms with Crippen LogP contribution in [0.5, 0.6) is 5.75 Å². The summed E-state index contributed by atoms with van der Waals surface area (Å²) in [6, 6.07) is 6.18. The van der Waals surface area contributed by atoms with Crippen LogP contribution in [0.4, 0.5) is 5.69 Å². The van der Waals surface area contributed by atoms with Crippen LogP contribution in [0, 0.1) is 0 Å². The van der Waals surface area contributed by atoms with Crippen molar-refractivity contribution in [3.8, 4) is 5.75 Å². The van der Waals surface area contributed by atoms with E-state index in [1.165, 1.54) is 5.69 Å². The highest BCUT2D eigenvalue weighted by Crippen LogP contribution is 2.25. The average Bonchev–Trinajstić information content (AvgIpc) is 2.30. The first-order valence-corrected chi connectivity index (χ1v) is 5.38. The molecular formula is C12H20N2O. The van der Waals surface area contributed by atoms with E-state index in [0.29, 0.717) is 6.54 Å². The molecule has 1 rings (SSSR count). The van der Waals surface area contributed by atoms with Crippen LogP contribution in [-0.4, -0.2) is 20.2 Å². The Morgan fingerprint density at radius 2 is 1.93 bits per heavy atom. The van der Waals surface area contributed by atoms with Crippen molar-refractivity contribution in [2.24, 2.45) is 5.73 Å². The van der Waals surface area contributed by atoms with Crippen molar-refractivity contribution in [3.63, 3.8) is 0 Å². The molecule has 0 radical (unpaired) electrons. The number of hydrogen-bond acceptors (Lipinski definition) is 3. The minimum atomic E-state index is 0.516. The zero-order valence-corrected chi connectivity index (χ0v) is 9.79. The maximum Gasteiger partial charge on any atom is 0.125 e. The van der Waals surface area contributed by atoms with Gasteiger partial charge in [0.1, 0.15) is 5.75 Å². The zero-order valence-electron chi connectivity index (χ0n) is 9.79. The summed E-state index contributed by atoms with van der Waals surface area (Å²) in [5, 5.41) is 0. The van der Waals surface area contributed by atoms with Gasteiger partial charge in [-0.1, -0.05) is 6.07 Å². The summed E-state index contributed by atoms with van der Waals surface area (Å²) >= 11 is 0. The molecule has 0 spiro atoms. The number of nitrogens with zero attached hydrogens (tertiary/aromatic N) is 1. The lowest BCUT2D eigenvalue weighted by atomic mass is 10.1. The van der Waals surface area contributed by atoms with Crippen LogP contribution < -0.4 is 15.4 Å². The van der Waals surface area contributed by atoms with Gasteiger partial charge in [-0.05, 0) is 19.9 Å². The van der Waals surface area contributed by atoms with Crippen LogP contribution in [0.3, 0.4) is 0 Å². The molecule has 0 fully saturated rings. The van der Waals surface area contributed by atoms with Crippen molar-refractivity contribution in [2.45, 2.75) is 20.4 Å². The largest absolute Gasteiger partial charge is 0.496 e. The Balaban J connectivity index is 3.01. The third kappa shape index (κ3) is 2.63. The van der Waals surface area contributed by atoms with Crippen LogP contribution in [0.1, 0.15) is 19.4 Å². The Morgan fingerprint density at radius 1 is 1.27 bits per heavy atom. The molecule has 1 aromatic rings. The minimum Gasteiger partial charge on any atom is -0.496 e. The monoisotopic (exact) mass is 208 g/mol. The van der Waals surface area contributed by atoms with Gasteiger partial charge in [-0.3, -0.25) is 0 Å². The molecule has 2 N–H and O–H groups in total. The first kappa shape index (κ1) is 11.9. The van der Waals surface area contributed by atoms with Crippen molar-refractivity contribution in [1.29, 1.82) is 0 Å². The van der Waals surface area contributed by atoms with Gasteiger partial charge in [-0.2, -0.15) is 0 Å². The molecule has 1 aromatic carbocycles. The molecule has 15 heavy (non-hydrogen) atoms. The summed E-state index contributed by atoms with van der Waals surface area (Å²) in [7, 11) is 1.68. The smallest absolute Gasteiger partial charge is 0.125 e. The second kappa shape index (κ2) is 5.61. The molecule has 0 unspecified atom stereocenters. The van der Waals surface area contributed by atoms with E-state index >= 15 is 0 Å². The van der Waals surface area contributed by atoms with Crippen LogP contribution >= 0.6 is 0 Å². The van der Waals surface area contributed by atoms with E-state index in [1.807, 2.05) is 6.07 Å². The van der Waals surface area contributed by atoms with Gasteiger partial charge in [0.25, 0.3) is 0 Å². The topological polar surface area (TPSA) is 38.5 Å². The quantitative estimate of drug-likeness (QED) is 0.804. The lowest BCUT2D eigenvalue weighted by molar-refractivity contribution is 0.410. The molecule has 0 saturated heterocycles. The molecule has 0 heterocycles. The summed E-state index contributed by atoms with van der Waals surface area (Å²) in [5.74, 6) is 0.877. The predicted octanol–water partition coefficient (Wildman–Crippen LogP) is 2.00. The molecular weight excluding hydrogens is 188 g/mol. The Morgan fingerprint density at radius 3 is 2.40 bits per heavy atom. The number of nitrogens with two attached hydrogens (primary N) is 1. The number of methoxy groups -OCH3 is 1. The van der Waals surface area contributed by atoms with Crippen LogP contribution in [0.2, 0.25) is 0 Å². The van der Waals surface area contributed by atoms with Crippen molar-refractivity contribution in [3.05, 3.63) is 23.8 Å². The highest BCUT2D eigenvalue weighted by atomic mass is 16.5. The molecule has 0 amide bonds. The summed E-state index contributed by atoms with van der Waals surface area (Å²) in [4.78, 5) is 2.28. The van der Waals surface area contributed by atoms with Gasteiger partial charge in [-0.15, -0.1) is 0 Å². The molecule has 0 atom stereocenters. The van der Waals surface area contributed by atoms with Gasteiger partial charge in [-0.25, -0.2) is 0 Å². The van der Waals surface area contributed by atoms with Crippen molar-refractivity contribution >= 4 is 5.69 Å². The fraction of sp³-hybridized carbons (Fsp3) is 0.500. The van der Waals surface area contributed by atoms with E-state index in [-0.39, 0.29) is 0 Å². The SMILES string of the molecule is CCN(CC)c1ccc(CN)c(OC)c1. The van der Waals surface area contributed by atoms with Crippen LogP contribution in [0.25, 0.3) is 0 Å². The summed E-state index contributed by atoms with van der Waals surface area (Å²) < 4.78 is 5.31. The standard InChI is InChI=1S/C12H20N2O/c1-4-14(5-2)11-7-6-10(9-13)12(8-11)15-3/h6-8H,4-5,9,13H2,1-3H3. The van der Waals surface area contributed by atoms with Crippen LogP contribution in [-0.2, 0) is 6.54 Å². The molecule has 0 aliphatic heterocycles. The number of anilines is 1. The Bertz CT molecular complexity index is 308. The van der Waals surface area contributed by atoms with E-state index in [9.17, 15) is 0 Å². The highest BCUT2D eigenvalue weighted by molar-refractivity contribution is 5.53. The van der Waals surface area contributed by atoms with Gasteiger partial charge in [0.2, 0.25) is 0 Å². The Hall–Kier alpha value is -1.22. The highest BCUT2D eigenvalue weighted by Gasteiger charge is 2.06. The molecule has 84 valence electrons. The normalized spacial score (nSPS) is 10.1. The molecule has 0 bridgehead atoms. The van der Waals surface area contributed by atoms with Crippen molar-refractivity contribution in [2.75, 3.05) is 25.1 Å². The van der Waals surface area contributed by atoms with E-state index in [0.717, 1.165) is 24.4 Å². The van der Waals surface area contributed by atoms with Crippen LogP contribution in [0.15, 0.2) is 18.2 Å². The van der Waals surface area contributed by atoms with E-state index in [1.54, 1.807) is 7.11 Å². The third-order valence-electron chi connectivity index (χ3n) is 2.62. The predicted molar refractivity (Wildman–Crippen MR) is 64.4 cm³/mol. The molecule has 3 nitrogen and oxygen atoms in total. The fourth-order valence-corrected chi connectivity index (χ4v) is 1.69. The first-order valence-electron chi connectivity index (χ1n) is 5.38. The number of rotatable bonds is 5. The second-order valence-corrected chi connectivity index (χ2v) is 3.37. The maximum absolute atomic E-state index is 5.62. The van der Waals surface area contributed by atoms with E-state index < -0.39 is 0 Å². The molecule has 0 aliphatic rings. The maximum atomic E-state index is 5.62. The molecule has 0 aliphatic carbocycles. The van der Waals surface area contributed by atoms with E-state index in [4.69, 9.17) is 10.5 Å². The third-order valence-corrected chi connectivity index (χ3v) is 2.62. The van der Waals surface area contributed by atoms with Gasteiger partial charge < -0.3 is 15.4 Å². The van der Waals surface area contributed by atoms with Crippen molar-refractivity contribution in [1.82, 2.24) is 0 Å². The second-order valence-electron chi connectivity index (χ2n) is 3.37. The number of hydrogen-bond donors (Lipinski definition) is 1. The van der Waals surface area contributed by atoms with Gasteiger partial charge in [0.05, 0.1) is 7.11 Å². The lowest BCUT2D eigenvalue weighted by Gasteiger charge is -2.22. The summed E-state index contributed by atoms with van der Waals surface area (Å²) in [6.07, 6.45) is 0. The number of benzene rings is 1. The summed E-state index contributed by atoms with van der Waals surface area (Å²) in [6.45, 7) is 6.81. The molecule has 3 heteroatoms. The Labute approximate surface area is 91.8 Å². The number of ether oxygens (including phenoxy) is 1. The minimum absolute atomic E-state index is 0.516. The first-order chi connectivity index (χ1) is 7.26. The Kier molecular flexibility index (Phi) is 4.43. The summed E-state index contributed by atoms with van der Waals surface area (Å²) in [5.41, 5.74) is 7.86. The molecule has 0 saturated carbocycles. The average molecular weight is 208 g/mol. The van der Waals surface area contributed by atoms with Crippen molar-refractivity contribution < 1.29 is 4.74 Å². The van der Waals surface area contributed by atoms with Gasteiger partial charge in [0.15, 0.2) is 0 Å². The zero-order chi connectivity index (χ0) is 11.3. The van der Waals surface area contributed by atoms with E-state index in [2.05, 4.69) is 30.9 Å². The lowest BCUT2D eigenvalue weighted by Crippen LogP contribution is -2.21. The molecule has 0 aromatic heterocycles. The van der Waals surface area contributed by atoms with Gasteiger partial charge >= 0.3 is 0 Å². The van der Waals surface area contributed by atoms with Gasteiger partial charge in [0, 0.05) is 37.0 Å². The fourth-order valence-electron chi connectivity index (χ4n) is 1.69.